The van der Waals surface area contributed by atoms with E-state index in [0.717, 1.165) is 25.7 Å². The number of carbonyl (C=O) groups excluding carboxylic acids is 2. The van der Waals surface area contributed by atoms with E-state index in [4.69, 9.17) is 15.9 Å². The lowest BCUT2D eigenvalue weighted by Crippen LogP contribution is -2.53. The Morgan fingerprint density at radius 2 is 1.29 bits per heavy atom. The monoisotopic (exact) mass is 435 g/mol. The second kappa shape index (κ2) is 17.9. The number of carbonyl (C=O) groups is 2. The average Bonchev–Trinajstić information content (AvgIpc) is 3.24. The molecular weight excluding hydrogens is 390 g/mol. The fourth-order valence-corrected chi connectivity index (χ4v) is 4.30. The van der Waals surface area contributed by atoms with Crippen LogP contribution in [0, 0.1) is 12.3 Å². The summed E-state index contributed by atoms with van der Waals surface area (Å²) in [6.45, 7) is 2.58. The number of terminal acetylenes is 1. The van der Waals surface area contributed by atoms with Crippen LogP contribution in [0.2, 0.25) is 0 Å². The van der Waals surface area contributed by atoms with Gasteiger partial charge in [-0.15, -0.1) is 6.42 Å². The van der Waals surface area contributed by atoms with E-state index in [1.54, 1.807) is 0 Å². The van der Waals surface area contributed by atoms with Crippen molar-refractivity contribution in [3.8, 4) is 12.3 Å². The van der Waals surface area contributed by atoms with Crippen LogP contribution in [-0.4, -0.2) is 30.8 Å². The van der Waals surface area contributed by atoms with Crippen LogP contribution in [0.5, 0.6) is 0 Å². The molecule has 0 heterocycles. The minimum absolute atomic E-state index is 0.101. The summed E-state index contributed by atoms with van der Waals surface area (Å²) in [4.78, 5) is 24.4. The van der Waals surface area contributed by atoms with Crippen LogP contribution in [0.25, 0.3) is 0 Å². The fraction of sp³-hybridized carbons (Fsp3) is 0.846. The maximum Gasteiger partial charge on any atom is 0.409 e. The molecule has 31 heavy (non-hydrogen) atoms. The van der Waals surface area contributed by atoms with Crippen LogP contribution in [0.4, 0.5) is 4.79 Å². The standard InChI is InChI=1S/C26H45NO4/c1-3-5-6-7-8-9-10-11-12-13-14-15-16-19-23-30-24(28)26(20-17-18-21-26)27-25(29)31-22-4-2/h2H,3,5-23H2,1H3,(H,27,29). The molecule has 0 unspecified atom stereocenters. The highest BCUT2D eigenvalue weighted by atomic mass is 16.6. The fourth-order valence-electron chi connectivity index (χ4n) is 4.30. The number of esters is 1. The van der Waals surface area contributed by atoms with E-state index >= 15 is 0 Å². The maximum absolute atomic E-state index is 12.6. The van der Waals surface area contributed by atoms with Gasteiger partial charge in [-0.05, 0) is 19.3 Å². The molecule has 1 aliphatic rings. The van der Waals surface area contributed by atoms with Crippen molar-refractivity contribution in [2.75, 3.05) is 13.2 Å². The summed E-state index contributed by atoms with van der Waals surface area (Å²) in [6, 6.07) is 0. The third-order valence-corrected chi connectivity index (χ3v) is 6.21. The second-order valence-electron chi connectivity index (χ2n) is 8.93. The molecule has 0 spiro atoms. The number of hydrogen-bond acceptors (Lipinski definition) is 4. The van der Waals surface area contributed by atoms with Crippen LogP contribution in [0.3, 0.4) is 0 Å². The third-order valence-electron chi connectivity index (χ3n) is 6.21. The molecule has 1 amide bonds. The number of nitrogens with one attached hydrogen (secondary N) is 1. The van der Waals surface area contributed by atoms with Crippen LogP contribution < -0.4 is 5.32 Å². The Kier molecular flexibility index (Phi) is 15.8. The molecule has 1 fully saturated rings. The Morgan fingerprint density at radius 3 is 1.77 bits per heavy atom. The quantitative estimate of drug-likeness (QED) is 0.148. The summed E-state index contributed by atoms with van der Waals surface area (Å²) >= 11 is 0. The summed E-state index contributed by atoms with van der Waals surface area (Å²) in [5, 5.41) is 2.70. The molecule has 0 radical (unpaired) electrons. The molecule has 0 aliphatic heterocycles. The highest BCUT2D eigenvalue weighted by molar-refractivity contribution is 5.86. The Hall–Kier alpha value is -1.70. The molecule has 0 bridgehead atoms. The number of alkyl carbamates (subject to hydrolysis) is 1. The lowest BCUT2D eigenvalue weighted by molar-refractivity contribution is -0.151. The van der Waals surface area contributed by atoms with Gasteiger partial charge in [0.15, 0.2) is 6.61 Å². The van der Waals surface area contributed by atoms with Gasteiger partial charge in [0.05, 0.1) is 6.61 Å². The largest absolute Gasteiger partial charge is 0.464 e. The Labute approximate surface area is 190 Å². The first-order valence-electron chi connectivity index (χ1n) is 12.7. The van der Waals surface area contributed by atoms with Crippen molar-refractivity contribution in [1.82, 2.24) is 5.32 Å². The number of hydrogen-bond donors (Lipinski definition) is 1. The first kappa shape index (κ1) is 27.3. The summed E-state index contributed by atoms with van der Waals surface area (Å²) in [7, 11) is 0. The number of amides is 1. The van der Waals surface area contributed by atoms with Crippen molar-refractivity contribution >= 4 is 12.1 Å². The summed E-state index contributed by atoms with van der Waals surface area (Å²) in [6.07, 6.45) is 25.6. The zero-order valence-electron chi connectivity index (χ0n) is 19.9. The third kappa shape index (κ3) is 12.7. The lowest BCUT2D eigenvalue weighted by atomic mass is 9.98. The summed E-state index contributed by atoms with van der Waals surface area (Å²) in [5.74, 6) is 1.91. The van der Waals surface area contributed by atoms with E-state index in [0.29, 0.717) is 19.4 Å². The topological polar surface area (TPSA) is 64.6 Å². The van der Waals surface area contributed by atoms with Crippen molar-refractivity contribution in [2.45, 2.75) is 128 Å². The zero-order chi connectivity index (χ0) is 22.6. The molecule has 0 aromatic heterocycles. The summed E-state index contributed by atoms with van der Waals surface area (Å²) in [5.41, 5.74) is -0.943. The molecule has 178 valence electrons. The van der Waals surface area contributed by atoms with Gasteiger partial charge in [0, 0.05) is 0 Å². The van der Waals surface area contributed by atoms with Gasteiger partial charge in [-0.2, -0.15) is 0 Å². The maximum atomic E-state index is 12.6. The van der Waals surface area contributed by atoms with Gasteiger partial charge in [-0.1, -0.05) is 109 Å². The second-order valence-corrected chi connectivity index (χ2v) is 8.93. The van der Waals surface area contributed by atoms with Gasteiger partial charge in [0.25, 0.3) is 0 Å². The van der Waals surface area contributed by atoms with Gasteiger partial charge in [-0.25, -0.2) is 9.59 Å². The minimum atomic E-state index is -0.943. The van der Waals surface area contributed by atoms with Gasteiger partial charge >= 0.3 is 12.1 Å². The van der Waals surface area contributed by atoms with Gasteiger partial charge in [-0.3, -0.25) is 0 Å². The van der Waals surface area contributed by atoms with Crippen LogP contribution in [0.1, 0.15) is 122 Å². The Balaban J connectivity index is 2.01. The number of rotatable bonds is 18. The molecule has 0 aromatic rings. The molecular formula is C26H45NO4. The molecule has 1 N–H and O–H groups in total. The molecule has 0 atom stereocenters. The van der Waals surface area contributed by atoms with Crippen LogP contribution in [0.15, 0.2) is 0 Å². The predicted molar refractivity (Wildman–Crippen MR) is 126 cm³/mol. The SMILES string of the molecule is C#CCOC(=O)NC1(C(=O)OCCCCCCCCCCCCCCCC)CCCC1. The lowest BCUT2D eigenvalue weighted by Gasteiger charge is -2.27. The summed E-state index contributed by atoms with van der Waals surface area (Å²) < 4.78 is 10.4. The highest BCUT2D eigenvalue weighted by Crippen LogP contribution is 2.31. The first-order chi connectivity index (χ1) is 15.1. The molecule has 0 saturated heterocycles. The van der Waals surface area contributed by atoms with Crippen molar-refractivity contribution in [3.63, 3.8) is 0 Å². The van der Waals surface area contributed by atoms with E-state index in [-0.39, 0.29) is 12.6 Å². The Morgan fingerprint density at radius 1 is 0.806 bits per heavy atom. The smallest absolute Gasteiger partial charge is 0.409 e. The van der Waals surface area contributed by atoms with Crippen LogP contribution in [-0.2, 0) is 14.3 Å². The van der Waals surface area contributed by atoms with Crippen molar-refractivity contribution in [2.24, 2.45) is 0 Å². The van der Waals surface area contributed by atoms with Crippen molar-refractivity contribution < 1.29 is 19.1 Å². The molecule has 1 saturated carbocycles. The van der Waals surface area contributed by atoms with E-state index in [1.165, 1.54) is 77.0 Å². The zero-order valence-corrected chi connectivity index (χ0v) is 19.9. The molecule has 0 aromatic carbocycles. The molecule has 1 aliphatic carbocycles. The van der Waals surface area contributed by atoms with E-state index in [2.05, 4.69) is 18.2 Å². The van der Waals surface area contributed by atoms with Crippen molar-refractivity contribution in [1.29, 1.82) is 0 Å². The van der Waals surface area contributed by atoms with Crippen LogP contribution >= 0.6 is 0 Å². The van der Waals surface area contributed by atoms with Gasteiger partial charge in [0.1, 0.15) is 5.54 Å². The van der Waals surface area contributed by atoms with Crippen molar-refractivity contribution in [3.05, 3.63) is 0 Å². The number of unbranched alkanes of at least 4 members (excludes halogenated alkanes) is 13. The molecule has 5 nitrogen and oxygen atoms in total. The molecule has 1 rings (SSSR count). The predicted octanol–water partition coefficient (Wildman–Crippen LogP) is 6.68. The highest BCUT2D eigenvalue weighted by Gasteiger charge is 2.44. The van der Waals surface area contributed by atoms with E-state index in [9.17, 15) is 9.59 Å². The molecule has 5 heteroatoms. The van der Waals surface area contributed by atoms with E-state index in [1.807, 2.05) is 0 Å². The van der Waals surface area contributed by atoms with Gasteiger partial charge in [0.2, 0.25) is 0 Å². The normalized spacial score (nSPS) is 14.7. The number of ether oxygens (including phenoxy) is 2. The minimum Gasteiger partial charge on any atom is -0.464 e. The Bertz CT molecular complexity index is 520. The average molecular weight is 436 g/mol. The van der Waals surface area contributed by atoms with E-state index < -0.39 is 11.6 Å². The van der Waals surface area contributed by atoms with Gasteiger partial charge < -0.3 is 14.8 Å². The first-order valence-corrected chi connectivity index (χ1v) is 12.7.